The van der Waals surface area contributed by atoms with Crippen LogP contribution < -0.4 is 16.4 Å². The van der Waals surface area contributed by atoms with Crippen LogP contribution in [-0.2, 0) is 20.8 Å². The number of hydrogen-bond donors (Lipinski definition) is 3. The van der Waals surface area contributed by atoms with E-state index >= 15 is 0 Å². The SMILES string of the molecule is CNCC(=O)NC(C(=O)N1CCCC1CN(CCc1ccccc1)C(=O)CN)C(C)(C)C. The summed E-state index contributed by atoms with van der Waals surface area (Å²) in [6.45, 7) is 7.58. The summed E-state index contributed by atoms with van der Waals surface area (Å²) in [6.07, 6.45) is 2.44. The van der Waals surface area contributed by atoms with Crippen LogP contribution in [0.4, 0.5) is 0 Å². The van der Waals surface area contributed by atoms with Gasteiger partial charge in [0.05, 0.1) is 13.1 Å². The molecule has 0 saturated carbocycles. The van der Waals surface area contributed by atoms with Crippen LogP contribution in [0.2, 0.25) is 0 Å². The van der Waals surface area contributed by atoms with Gasteiger partial charge >= 0.3 is 0 Å². The summed E-state index contributed by atoms with van der Waals surface area (Å²) in [5.41, 5.74) is 6.39. The van der Waals surface area contributed by atoms with Gasteiger partial charge in [-0.2, -0.15) is 0 Å². The molecule has 178 valence electrons. The van der Waals surface area contributed by atoms with Crippen molar-refractivity contribution >= 4 is 17.7 Å². The van der Waals surface area contributed by atoms with Crippen LogP contribution in [0.25, 0.3) is 0 Å². The predicted octanol–water partition coefficient (Wildman–Crippen LogP) is 0.758. The van der Waals surface area contributed by atoms with E-state index in [1.54, 1.807) is 11.9 Å². The number of hydrogen-bond acceptors (Lipinski definition) is 5. The molecule has 8 nitrogen and oxygen atoms in total. The largest absolute Gasteiger partial charge is 0.343 e. The van der Waals surface area contributed by atoms with Gasteiger partial charge in [-0.05, 0) is 37.3 Å². The number of rotatable bonds is 10. The van der Waals surface area contributed by atoms with Crippen molar-refractivity contribution in [3.05, 3.63) is 35.9 Å². The van der Waals surface area contributed by atoms with Gasteiger partial charge in [0.15, 0.2) is 0 Å². The molecule has 2 atom stereocenters. The topological polar surface area (TPSA) is 108 Å². The van der Waals surface area contributed by atoms with Crippen molar-refractivity contribution < 1.29 is 14.4 Å². The number of likely N-dealkylation sites (N-methyl/N-ethyl adjacent to an activating group) is 1. The minimum absolute atomic E-state index is 0.0554. The van der Waals surface area contributed by atoms with E-state index in [1.165, 1.54) is 0 Å². The third-order valence-electron chi connectivity index (χ3n) is 5.89. The predicted molar refractivity (Wildman–Crippen MR) is 126 cm³/mol. The maximum absolute atomic E-state index is 13.5. The first-order valence-electron chi connectivity index (χ1n) is 11.4. The van der Waals surface area contributed by atoms with Crippen LogP contribution in [0, 0.1) is 5.41 Å². The van der Waals surface area contributed by atoms with Gasteiger partial charge < -0.3 is 26.2 Å². The lowest BCUT2D eigenvalue weighted by atomic mass is 9.85. The van der Waals surface area contributed by atoms with Crippen molar-refractivity contribution in [3.8, 4) is 0 Å². The van der Waals surface area contributed by atoms with E-state index in [-0.39, 0.29) is 36.9 Å². The van der Waals surface area contributed by atoms with Gasteiger partial charge in [-0.1, -0.05) is 51.1 Å². The molecule has 0 spiro atoms. The third-order valence-corrected chi connectivity index (χ3v) is 5.89. The number of carbonyl (C=O) groups excluding carboxylic acids is 3. The molecule has 1 aromatic rings. The number of likely N-dealkylation sites (tertiary alicyclic amines) is 1. The summed E-state index contributed by atoms with van der Waals surface area (Å²) in [6, 6.07) is 9.30. The lowest BCUT2D eigenvalue weighted by Crippen LogP contribution is -2.58. The minimum atomic E-state index is -0.632. The smallest absolute Gasteiger partial charge is 0.246 e. The number of nitrogens with one attached hydrogen (secondary N) is 2. The molecular weight excluding hydrogens is 406 g/mol. The normalized spacial score (nSPS) is 17.2. The van der Waals surface area contributed by atoms with E-state index in [4.69, 9.17) is 5.73 Å². The summed E-state index contributed by atoms with van der Waals surface area (Å²) < 4.78 is 0. The minimum Gasteiger partial charge on any atom is -0.343 e. The van der Waals surface area contributed by atoms with Crippen LogP contribution in [-0.4, -0.2) is 79.4 Å². The first-order valence-corrected chi connectivity index (χ1v) is 11.4. The Hall–Kier alpha value is -2.45. The summed E-state index contributed by atoms with van der Waals surface area (Å²) >= 11 is 0. The molecule has 0 radical (unpaired) electrons. The molecule has 2 rings (SSSR count). The number of nitrogens with two attached hydrogens (primary N) is 1. The molecule has 8 heteroatoms. The number of amides is 3. The molecule has 1 saturated heterocycles. The molecule has 4 N–H and O–H groups in total. The fraction of sp³-hybridized carbons (Fsp3) is 0.625. The van der Waals surface area contributed by atoms with Crippen molar-refractivity contribution in [2.24, 2.45) is 11.1 Å². The molecule has 1 fully saturated rings. The first-order chi connectivity index (χ1) is 15.2. The van der Waals surface area contributed by atoms with Gasteiger partial charge in [0.2, 0.25) is 17.7 Å². The number of benzene rings is 1. The van der Waals surface area contributed by atoms with Gasteiger partial charge in [0.1, 0.15) is 6.04 Å². The standard InChI is InChI=1S/C24H39N5O3/c1-24(2,3)22(27-20(30)16-26-4)23(32)29-13-8-11-19(29)17-28(21(31)15-25)14-12-18-9-6-5-7-10-18/h5-7,9-10,19,22,26H,8,11-17,25H2,1-4H3,(H,27,30). The Morgan fingerprint density at radius 3 is 2.50 bits per heavy atom. The van der Waals surface area contributed by atoms with Crippen LogP contribution in [0.5, 0.6) is 0 Å². The maximum Gasteiger partial charge on any atom is 0.246 e. The van der Waals surface area contributed by atoms with Crippen molar-refractivity contribution in [3.63, 3.8) is 0 Å². The Bertz CT molecular complexity index is 763. The molecule has 1 aliphatic rings. The second kappa shape index (κ2) is 12.0. The van der Waals surface area contributed by atoms with E-state index in [2.05, 4.69) is 10.6 Å². The molecule has 32 heavy (non-hydrogen) atoms. The molecule has 0 bridgehead atoms. The number of carbonyl (C=O) groups is 3. The lowest BCUT2D eigenvalue weighted by molar-refractivity contribution is -0.141. The van der Waals surface area contributed by atoms with Crippen LogP contribution in [0.3, 0.4) is 0 Å². The summed E-state index contributed by atoms with van der Waals surface area (Å²) in [5, 5.41) is 5.72. The molecule has 1 aromatic carbocycles. The molecule has 0 aliphatic carbocycles. The summed E-state index contributed by atoms with van der Waals surface area (Å²) in [5.74, 6) is -0.415. The summed E-state index contributed by atoms with van der Waals surface area (Å²) in [4.78, 5) is 41.9. The Morgan fingerprint density at radius 1 is 1.22 bits per heavy atom. The zero-order chi connectivity index (χ0) is 23.7. The highest BCUT2D eigenvalue weighted by atomic mass is 16.2. The first kappa shape index (κ1) is 25.8. The third kappa shape index (κ3) is 7.31. The average Bonchev–Trinajstić information content (AvgIpc) is 3.22. The zero-order valence-corrected chi connectivity index (χ0v) is 19.9. The van der Waals surface area contributed by atoms with Crippen molar-refractivity contribution in [2.45, 2.75) is 52.1 Å². The van der Waals surface area contributed by atoms with E-state index in [0.717, 1.165) is 24.8 Å². The van der Waals surface area contributed by atoms with Crippen LogP contribution >= 0.6 is 0 Å². The zero-order valence-electron chi connectivity index (χ0n) is 19.9. The van der Waals surface area contributed by atoms with Gasteiger partial charge in [0.25, 0.3) is 0 Å². The highest BCUT2D eigenvalue weighted by Crippen LogP contribution is 2.26. The van der Waals surface area contributed by atoms with E-state index in [0.29, 0.717) is 19.6 Å². The monoisotopic (exact) mass is 445 g/mol. The van der Waals surface area contributed by atoms with Crippen LogP contribution in [0.1, 0.15) is 39.2 Å². The Kier molecular flexibility index (Phi) is 9.65. The Balaban J connectivity index is 2.11. The molecule has 0 aromatic heterocycles. The van der Waals surface area contributed by atoms with Crippen molar-refractivity contribution in [2.75, 3.05) is 39.8 Å². The van der Waals surface area contributed by atoms with Gasteiger partial charge in [-0.3, -0.25) is 14.4 Å². The van der Waals surface area contributed by atoms with Gasteiger partial charge in [0, 0.05) is 25.7 Å². The Morgan fingerprint density at radius 2 is 1.91 bits per heavy atom. The van der Waals surface area contributed by atoms with Gasteiger partial charge in [-0.25, -0.2) is 0 Å². The lowest BCUT2D eigenvalue weighted by Gasteiger charge is -2.37. The molecule has 1 heterocycles. The quantitative estimate of drug-likeness (QED) is 0.493. The van der Waals surface area contributed by atoms with Crippen molar-refractivity contribution in [1.82, 2.24) is 20.4 Å². The van der Waals surface area contributed by atoms with E-state index < -0.39 is 11.5 Å². The second-order valence-corrected chi connectivity index (χ2v) is 9.50. The maximum atomic E-state index is 13.5. The van der Waals surface area contributed by atoms with E-state index in [1.807, 2.05) is 56.0 Å². The number of nitrogens with zero attached hydrogens (tertiary/aromatic N) is 2. The highest BCUT2D eigenvalue weighted by Gasteiger charge is 2.40. The van der Waals surface area contributed by atoms with Crippen molar-refractivity contribution in [1.29, 1.82) is 0 Å². The van der Waals surface area contributed by atoms with Gasteiger partial charge in [-0.15, -0.1) is 0 Å². The van der Waals surface area contributed by atoms with E-state index in [9.17, 15) is 14.4 Å². The Labute approximate surface area is 191 Å². The fourth-order valence-electron chi connectivity index (χ4n) is 4.11. The van der Waals surface area contributed by atoms with Crippen LogP contribution in [0.15, 0.2) is 30.3 Å². The molecule has 3 amide bonds. The second-order valence-electron chi connectivity index (χ2n) is 9.50. The summed E-state index contributed by atoms with van der Waals surface area (Å²) in [7, 11) is 1.70. The highest BCUT2D eigenvalue weighted by molar-refractivity contribution is 5.89. The molecule has 1 aliphatic heterocycles. The molecule has 2 unspecified atom stereocenters. The fourth-order valence-corrected chi connectivity index (χ4v) is 4.11. The average molecular weight is 446 g/mol. The molecular formula is C24H39N5O3.